The van der Waals surface area contributed by atoms with Gasteiger partial charge in [-0.05, 0) is 42.7 Å². The summed E-state index contributed by atoms with van der Waals surface area (Å²) < 4.78 is 8.15. The zero-order chi connectivity index (χ0) is 20.8. The fraction of sp³-hybridized carbons (Fsp3) is 0.238. The van der Waals surface area contributed by atoms with E-state index in [2.05, 4.69) is 10.3 Å². The monoisotopic (exact) mass is 451 g/mol. The van der Waals surface area contributed by atoms with Crippen molar-refractivity contribution in [1.82, 2.24) is 9.55 Å². The maximum Gasteiger partial charge on any atom is 0.221 e. The lowest BCUT2D eigenvalue weighted by atomic mass is 10.1. The topological polar surface area (TPSA) is 56.1 Å². The van der Waals surface area contributed by atoms with E-state index in [4.69, 9.17) is 39.5 Å². The van der Waals surface area contributed by atoms with Crippen molar-refractivity contribution in [2.45, 2.75) is 32.4 Å². The number of ether oxygens (including phenoxy) is 1. The van der Waals surface area contributed by atoms with Gasteiger partial charge in [-0.15, -0.1) is 0 Å². The van der Waals surface area contributed by atoms with E-state index in [-0.39, 0.29) is 12.0 Å². The smallest absolute Gasteiger partial charge is 0.221 e. The average molecular weight is 453 g/mol. The molecule has 1 aromatic heterocycles. The van der Waals surface area contributed by atoms with Crippen molar-refractivity contribution < 1.29 is 9.53 Å². The van der Waals surface area contributed by atoms with E-state index in [1.807, 2.05) is 35.0 Å². The number of aryl methyl sites for hydroxylation is 1. The number of hydrogen-bond donors (Lipinski definition) is 1. The number of halogens is 3. The van der Waals surface area contributed by atoms with Crippen molar-refractivity contribution in [3.63, 3.8) is 0 Å². The first-order chi connectivity index (χ1) is 13.9. The van der Waals surface area contributed by atoms with E-state index in [1.54, 1.807) is 24.7 Å². The lowest BCUT2D eigenvalue weighted by Gasteiger charge is -2.22. The Morgan fingerprint density at radius 3 is 2.45 bits per heavy atom. The first-order valence-electron chi connectivity index (χ1n) is 9.04. The summed E-state index contributed by atoms with van der Waals surface area (Å²) in [5, 5.41) is 4.05. The highest BCUT2D eigenvalue weighted by atomic mass is 35.5. The van der Waals surface area contributed by atoms with Gasteiger partial charge in [0.05, 0.1) is 22.9 Å². The van der Waals surface area contributed by atoms with E-state index < -0.39 is 0 Å². The molecule has 0 saturated heterocycles. The third-order valence-electron chi connectivity index (χ3n) is 4.25. The Morgan fingerprint density at radius 2 is 1.86 bits per heavy atom. The third kappa shape index (κ3) is 6.39. The summed E-state index contributed by atoms with van der Waals surface area (Å²) >= 11 is 18.7. The molecule has 8 heteroatoms. The van der Waals surface area contributed by atoms with Crippen LogP contribution in [-0.4, -0.2) is 21.6 Å². The molecule has 0 aliphatic heterocycles. The Bertz CT molecular complexity index is 937. The SMILES string of the molecule is CC(=O)Nc1cc(Cl)c(OC(CCc2ccc(Cl)cc2)Cn2ccnc2)c(Cl)c1. The highest BCUT2D eigenvalue weighted by Gasteiger charge is 2.18. The molecule has 5 nitrogen and oxygen atoms in total. The minimum absolute atomic E-state index is 0.193. The molecule has 3 rings (SSSR count). The number of nitrogens with one attached hydrogen (secondary N) is 1. The van der Waals surface area contributed by atoms with Crippen molar-refractivity contribution in [3.05, 3.63) is 75.8 Å². The van der Waals surface area contributed by atoms with E-state index in [0.29, 0.717) is 33.0 Å². The number of imidazole rings is 1. The molecule has 3 aromatic rings. The van der Waals surface area contributed by atoms with Gasteiger partial charge in [0.1, 0.15) is 6.10 Å². The second kappa shape index (κ2) is 10.0. The summed E-state index contributed by atoms with van der Waals surface area (Å²) in [7, 11) is 0. The second-order valence-electron chi connectivity index (χ2n) is 6.61. The fourth-order valence-corrected chi connectivity index (χ4v) is 3.61. The maximum atomic E-state index is 11.3. The predicted molar refractivity (Wildman–Crippen MR) is 117 cm³/mol. The lowest BCUT2D eigenvalue weighted by molar-refractivity contribution is -0.114. The molecule has 0 spiro atoms. The first-order valence-corrected chi connectivity index (χ1v) is 10.2. The average Bonchev–Trinajstić information content (AvgIpc) is 3.16. The van der Waals surface area contributed by atoms with E-state index >= 15 is 0 Å². The molecule has 0 radical (unpaired) electrons. The van der Waals surface area contributed by atoms with Crippen molar-refractivity contribution in [2.24, 2.45) is 0 Å². The van der Waals surface area contributed by atoms with Gasteiger partial charge in [-0.1, -0.05) is 46.9 Å². The van der Waals surface area contributed by atoms with Gasteiger partial charge in [-0.25, -0.2) is 4.98 Å². The summed E-state index contributed by atoms with van der Waals surface area (Å²) in [5.41, 5.74) is 1.68. The number of nitrogens with zero attached hydrogens (tertiary/aromatic N) is 2. The van der Waals surface area contributed by atoms with Crippen molar-refractivity contribution in [1.29, 1.82) is 0 Å². The Kier molecular flexibility index (Phi) is 7.42. The van der Waals surface area contributed by atoms with Crippen LogP contribution in [0.3, 0.4) is 0 Å². The molecule has 0 bridgehead atoms. The Labute approximate surface area is 184 Å². The molecule has 1 heterocycles. The quantitative estimate of drug-likeness (QED) is 0.464. The van der Waals surface area contributed by atoms with Crippen LogP contribution in [0.5, 0.6) is 5.75 Å². The van der Waals surface area contributed by atoms with Gasteiger partial charge < -0.3 is 14.6 Å². The minimum atomic E-state index is -0.202. The Balaban J connectivity index is 1.77. The van der Waals surface area contributed by atoms with Gasteiger partial charge in [0, 0.05) is 30.0 Å². The molecule has 1 amide bonds. The number of carbonyl (C=O) groups is 1. The standard InChI is InChI=1S/C21H20Cl3N3O2/c1-14(28)26-17-10-19(23)21(20(24)11-17)29-18(12-27-9-8-25-13-27)7-4-15-2-5-16(22)6-3-15/h2-3,5-6,8-11,13,18H,4,7,12H2,1H3,(H,26,28). The second-order valence-corrected chi connectivity index (χ2v) is 7.87. The molecule has 29 heavy (non-hydrogen) atoms. The third-order valence-corrected chi connectivity index (χ3v) is 5.06. The molecule has 0 aliphatic rings. The number of rotatable bonds is 8. The lowest BCUT2D eigenvalue weighted by Crippen LogP contribution is -2.24. The normalized spacial score (nSPS) is 11.9. The van der Waals surface area contributed by atoms with E-state index in [1.165, 1.54) is 6.92 Å². The van der Waals surface area contributed by atoms with Gasteiger partial charge in [0.2, 0.25) is 5.91 Å². The molecule has 1 unspecified atom stereocenters. The number of benzene rings is 2. The van der Waals surface area contributed by atoms with Crippen molar-refractivity contribution in [2.75, 3.05) is 5.32 Å². The molecular formula is C21H20Cl3N3O2. The van der Waals surface area contributed by atoms with Crippen LogP contribution in [0, 0.1) is 0 Å². The largest absolute Gasteiger partial charge is 0.485 e. The molecule has 0 aliphatic carbocycles. The highest BCUT2D eigenvalue weighted by Crippen LogP contribution is 2.37. The zero-order valence-corrected chi connectivity index (χ0v) is 18.0. The number of amides is 1. The molecule has 0 fully saturated rings. The van der Waals surface area contributed by atoms with Gasteiger partial charge in [0.25, 0.3) is 0 Å². The Hall–Kier alpha value is -2.21. The molecule has 0 saturated carbocycles. The summed E-state index contributed by atoms with van der Waals surface area (Å²) in [5.74, 6) is 0.190. The molecule has 1 atom stereocenters. The molecule has 2 aromatic carbocycles. The van der Waals surface area contributed by atoms with Crippen LogP contribution in [0.2, 0.25) is 15.1 Å². The predicted octanol–water partition coefficient (Wildman–Crippen LogP) is 5.88. The summed E-state index contributed by atoms with van der Waals surface area (Å²) in [6.45, 7) is 2.01. The summed E-state index contributed by atoms with van der Waals surface area (Å²) in [6, 6.07) is 11.0. The van der Waals surface area contributed by atoms with Gasteiger partial charge >= 0.3 is 0 Å². The number of hydrogen-bond acceptors (Lipinski definition) is 3. The van der Waals surface area contributed by atoms with E-state index in [0.717, 1.165) is 18.4 Å². The Morgan fingerprint density at radius 1 is 1.17 bits per heavy atom. The van der Waals surface area contributed by atoms with Crippen LogP contribution in [0.4, 0.5) is 5.69 Å². The van der Waals surface area contributed by atoms with Gasteiger partial charge in [-0.3, -0.25) is 4.79 Å². The zero-order valence-electron chi connectivity index (χ0n) is 15.7. The van der Waals surface area contributed by atoms with Gasteiger partial charge in [0.15, 0.2) is 5.75 Å². The maximum absolute atomic E-state index is 11.3. The van der Waals surface area contributed by atoms with Crippen LogP contribution in [-0.2, 0) is 17.8 Å². The van der Waals surface area contributed by atoms with Crippen LogP contribution in [0.15, 0.2) is 55.1 Å². The van der Waals surface area contributed by atoms with Crippen LogP contribution >= 0.6 is 34.8 Å². The molecular weight excluding hydrogens is 433 g/mol. The molecule has 152 valence electrons. The van der Waals surface area contributed by atoms with Crippen molar-refractivity contribution >= 4 is 46.4 Å². The summed E-state index contributed by atoms with van der Waals surface area (Å²) in [4.78, 5) is 15.4. The van der Waals surface area contributed by atoms with Crippen molar-refractivity contribution in [3.8, 4) is 5.75 Å². The van der Waals surface area contributed by atoms with Crippen LogP contribution < -0.4 is 10.1 Å². The van der Waals surface area contributed by atoms with Gasteiger partial charge in [-0.2, -0.15) is 0 Å². The fourth-order valence-electron chi connectivity index (χ4n) is 2.91. The summed E-state index contributed by atoms with van der Waals surface area (Å²) in [6.07, 6.45) is 6.68. The van der Waals surface area contributed by atoms with E-state index in [9.17, 15) is 4.79 Å². The van der Waals surface area contributed by atoms with Crippen LogP contribution in [0.1, 0.15) is 18.9 Å². The number of anilines is 1. The first kappa shape index (κ1) is 21.5. The minimum Gasteiger partial charge on any atom is -0.485 e. The molecule has 1 N–H and O–H groups in total. The number of carbonyl (C=O) groups excluding carboxylic acids is 1. The number of aromatic nitrogens is 2. The van der Waals surface area contributed by atoms with Crippen LogP contribution in [0.25, 0.3) is 0 Å². The highest BCUT2D eigenvalue weighted by molar-refractivity contribution is 6.37.